The standard InChI is InChI=1S/C25H28Cl2N6O3/c1-5-19(34)28-11-15-8-6-7-9-17(15)30-24-29-12-16-13-33(25(35)32(3)23(16)31-24)22-20(26)14(2)10-18(36-4)21(22)27/h5,10,12,15H,1,6-9,11,13H2,2-4H3,(H,28,34)/t15-/m1/s1. The van der Waals surface area contributed by atoms with Gasteiger partial charge in [-0.25, -0.2) is 14.8 Å². The lowest BCUT2D eigenvalue weighted by molar-refractivity contribution is -0.116. The van der Waals surface area contributed by atoms with Gasteiger partial charge in [0.15, 0.2) is 0 Å². The Labute approximate surface area is 220 Å². The van der Waals surface area contributed by atoms with E-state index < -0.39 is 0 Å². The number of methoxy groups -OCH3 is 1. The number of nitrogens with one attached hydrogen (secondary N) is 1. The summed E-state index contributed by atoms with van der Waals surface area (Å²) in [6, 6.07) is 1.40. The van der Waals surface area contributed by atoms with Crippen molar-refractivity contribution in [2.45, 2.75) is 39.2 Å². The van der Waals surface area contributed by atoms with Gasteiger partial charge in [-0.1, -0.05) is 36.2 Å². The third-order valence-electron chi connectivity index (χ3n) is 6.47. The molecule has 1 aliphatic carbocycles. The number of carbonyl (C=O) groups excluding carboxylic acids is 2. The number of amides is 3. The summed E-state index contributed by atoms with van der Waals surface area (Å²) in [6.45, 7) is 6.00. The summed E-state index contributed by atoms with van der Waals surface area (Å²) in [6.07, 6.45) is 6.75. The number of aromatic nitrogens is 2. The fourth-order valence-corrected chi connectivity index (χ4v) is 5.12. The molecule has 1 atom stereocenters. The first kappa shape index (κ1) is 25.9. The first-order valence-electron chi connectivity index (χ1n) is 11.7. The Balaban J connectivity index is 1.64. The van der Waals surface area contributed by atoms with Crippen molar-refractivity contribution >= 4 is 58.3 Å². The Hall–Kier alpha value is -3.17. The highest BCUT2D eigenvalue weighted by molar-refractivity contribution is 6.41. The van der Waals surface area contributed by atoms with E-state index in [0.29, 0.717) is 28.8 Å². The van der Waals surface area contributed by atoms with E-state index >= 15 is 0 Å². The van der Waals surface area contributed by atoms with Gasteiger partial charge in [0.05, 0.1) is 24.4 Å². The molecule has 1 fully saturated rings. The van der Waals surface area contributed by atoms with Crippen LogP contribution in [0, 0.1) is 12.8 Å². The summed E-state index contributed by atoms with van der Waals surface area (Å²) >= 11 is 13.1. The Bertz CT molecular complexity index is 1250. The van der Waals surface area contributed by atoms with Gasteiger partial charge in [0.25, 0.3) is 5.95 Å². The number of anilines is 2. The van der Waals surface area contributed by atoms with E-state index in [1.807, 2.05) is 6.92 Å². The van der Waals surface area contributed by atoms with Crippen LogP contribution in [0.15, 0.2) is 29.9 Å². The third-order valence-corrected chi connectivity index (χ3v) is 7.31. The minimum Gasteiger partial charge on any atom is -0.495 e. The monoisotopic (exact) mass is 530 g/mol. The van der Waals surface area contributed by atoms with E-state index in [-0.39, 0.29) is 35.4 Å². The highest BCUT2D eigenvalue weighted by Crippen LogP contribution is 2.44. The molecule has 3 amide bonds. The van der Waals surface area contributed by atoms with Crippen LogP contribution in [0.3, 0.4) is 0 Å². The fourth-order valence-electron chi connectivity index (χ4n) is 4.50. The van der Waals surface area contributed by atoms with Crippen LogP contribution in [0.1, 0.15) is 36.8 Å². The largest absolute Gasteiger partial charge is 0.495 e. The smallest absolute Gasteiger partial charge is 0.330 e. The molecule has 0 saturated heterocycles. The van der Waals surface area contributed by atoms with Gasteiger partial charge in [-0.05, 0) is 43.9 Å². The zero-order chi connectivity index (χ0) is 26.0. The van der Waals surface area contributed by atoms with Gasteiger partial charge < -0.3 is 10.1 Å². The minimum atomic E-state index is -0.334. The highest BCUT2D eigenvalue weighted by atomic mass is 35.5. The number of aliphatic imine (C=N–C) groups is 1. The van der Waals surface area contributed by atoms with Crippen molar-refractivity contribution in [3.8, 4) is 5.75 Å². The molecule has 1 aromatic carbocycles. The van der Waals surface area contributed by atoms with Crippen LogP contribution in [0.4, 0.5) is 22.2 Å². The number of urea groups is 1. The maximum Gasteiger partial charge on any atom is 0.330 e. The van der Waals surface area contributed by atoms with Gasteiger partial charge in [-0.3, -0.25) is 14.6 Å². The Kier molecular flexibility index (Phi) is 7.80. The molecule has 190 valence electrons. The summed E-state index contributed by atoms with van der Waals surface area (Å²) in [5, 5.41) is 3.49. The molecule has 0 bridgehead atoms. The number of carbonyl (C=O) groups is 2. The van der Waals surface area contributed by atoms with Crippen molar-refractivity contribution in [3.05, 3.63) is 46.1 Å². The van der Waals surface area contributed by atoms with Crippen LogP contribution in [-0.4, -0.2) is 48.3 Å². The Morgan fingerprint density at radius 3 is 2.86 bits per heavy atom. The number of aryl methyl sites for hydroxylation is 1. The van der Waals surface area contributed by atoms with Gasteiger partial charge >= 0.3 is 6.03 Å². The van der Waals surface area contributed by atoms with E-state index in [1.165, 1.54) is 23.0 Å². The van der Waals surface area contributed by atoms with Crippen molar-refractivity contribution in [3.63, 3.8) is 0 Å². The highest BCUT2D eigenvalue weighted by Gasteiger charge is 2.34. The van der Waals surface area contributed by atoms with Crippen LogP contribution < -0.4 is 19.9 Å². The molecule has 4 rings (SSSR count). The van der Waals surface area contributed by atoms with Gasteiger partial charge in [0.2, 0.25) is 5.91 Å². The molecule has 11 heteroatoms. The molecule has 9 nitrogen and oxygen atoms in total. The molecule has 1 saturated carbocycles. The van der Waals surface area contributed by atoms with Crippen LogP contribution >= 0.6 is 23.2 Å². The minimum absolute atomic E-state index is 0.109. The summed E-state index contributed by atoms with van der Waals surface area (Å²) in [5.74, 6) is 1.10. The lowest BCUT2D eigenvalue weighted by atomic mass is 9.87. The number of hydrogen-bond donors (Lipinski definition) is 1. The Morgan fingerprint density at radius 1 is 1.36 bits per heavy atom. The van der Waals surface area contributed by atoms with Crippen molar-refractivity contribution in [2.24, 2.45) is 10.9 Å². The molecule has 1 aliphatic heterocycles. The molecule has 0 unspecified atom stereocenters. The molecule has 0 radical (unpaired) electrons. The van der Waals surface area contributed by atoms with Crippen LogP contribution in [0.2, 0.25) is 10.0 Å². The van der Waals surface area contributed by atoms with Gasteiger partial charge in [0, 0.05) is 37.0 Å². The molecule has 1 N–H and O–H groups in total. The molecular formula is C25H28Cl2N6O3. The number of nitrogens with zero attached hydrogens (tertiary/aromatic N) is 5. The second kappa shape index (κ2) is 10.8. The average Bonchev–Trinajstić information content (AvgIpc) is 2.88. The summed E-state index contributed by atoms with van der Waals surface area (Å²) in [4.78, 5) is 41.7. The van der Waals surface area contributed by atoms with Gasteiger partial charge in [-0.2, -0.15) is 4.98 Å². The van der Waals surface area contributed by atoms with E-state index in [1.54, 1.807) is 19.3 Å². The average molecular weight is 531 g/mol. The molecular weight excluding hydrogens is 503 g/mol. The molecule has 2 aliphatic rings. The lowest BCUT2D eigenvalue weighted by Gasteiger charge is -2.35. The zero-order valence-corrected chi connectivity index (χ0v) is 22.0. The lowest BCUT2D eigenvalue weighted by Crippen LogP contribution is -2.46. The van der Waals surface area contributed by atoms with Crippen LogP contribution in [0.5, 0.6) is 5.75 Å². The first-order valence-corrected chi connectivity index (χ1v) is 12.4. The van der Waals surface area contributed by atoms with Crippen molar-refractivity contribution in [2.75, 3.05) is 30.5 Å². The maximum absolute atomic E-state index is 13.4. The topological polar surface area (TPSA) is 100 Å². The van der Waals surface area contributed by atoms with Gasteiger partial charge in [-0.15, -0.1) is 0 Å². The van der Waals surface area contributed by atoms with Crippen molar-refractivity contribution in [1.29, 1.82) is 0 Å². The Morgan fingerprint density at radius 2 is 2.14 bits per heavy atom. The van der Waals surface area contributed by atoms with E-state index in [9.17, 15) is 9.59 Å². The molecule has 0 spiro atoms. The van der Waals surface area contributed by atoms with E-state index in [4.69, 9.17) is 32.9 Å². The first-order chi connectivity index (χ1) is 17.2. The zero-order valence-electron chi connectivity index (χ0n) is 20.5. The van der Waals surface area contributed by atoms with E-state index in [0.717, 1.165) is 42.5 Å². The van der Waals surface area contributed by atoms with Crippen LogP contribution in [-0.2, 0) is 11.3 Å². The normalized spacial score (nSPS) is 18.8. The van der Waals surface area contributed by atoms with E-state index in [2.05, 4.69) is 21.9 Å². The summed E-state index contributed by atoms with van der Waals surface area (Å²) in [5.41, 5.74) is 2.80. The molecule has 36 heavy (non-hydrogen) atoms. The molecule has 2 aromatic rings. The second-order valence-corrected chi connectivity index (χ2v) is 9.57. The van der Waals surface area contributed by atoms with Crippen LogP contribution in [0.25, 0.3) is 0 Å². The number of benzene rings is 1. The molecule has 2 heterocycles. The summed E-state index contributed by atoms with van der Waals surface area (Å²) in [7, 11) is 3.15. The quantitative estimate of drug-likeness (QED) is 0.514. The second-order valence-electron chi connectivity index (χ2n) is 8.81. The van der Waals surface area contributed by atoms with Gasteiger partial charge in [0.1, 0.15) is 16.6 Å². The predicted molar refractivity (Wildman–Crippen MR) is 142 cm³/mol. The molecule has 1 aromatic heterocycles. The van der Waals surface area contributed by atoms with Crippen molar-refractivity contribution < 1.29 is 14.3 Å². The number of hydrogen-bond acceptors (Lipinski definition) is 6. The SMILES string of the molecule is C=CC(=O)NC[C@H]1CCCCC1=Nc1ncc2c(n1)N(C)C(=O)N(c1c(Cl)c(C)cc(OC)c1Cl)C2. The fraction of sp³-hybridized carbons (Fsp3) is 0.400. The summed E-state index contributed by atoms with van der Waals surface area (Å²) < 4.78 is 5.37. The maximum atomic E-state index is 13.4. The number of ether oxygens (including phenoxy) is 1. The van der Waals surface area contributed by atoms with Crippen molar-refractivity contribution in [1.82, 2.24) is 15.3 Å². The number of halogens is 2. The predicted octanol–water partition coefficient (Wildman–Crippen LogP) is 5.24. The number of rotatable bonds is 6. The number of fused-ring (bicyclic) bond motifs is 1. The third kappa shape index (κ3) is 5.03.